The number of halogens is 1. The van der Waals surface area contributed by atoms with Crippen LogP contribution in [0.25, 0.3) is 10.9 Å². The zero-order valence-electron chi connectivity index (χ0n) is 7.42. The summed E-state index contributed by atoms with van der Waals surface area (Å²) >= 11 is 4.25. The van der Waals surface area contributed by atoms with Crippen LogP contribution in [0.15, 0.2) is 30.3 Å². The van der Waals surface area contributed by atoms with Crippen molar-refractivity contribution in [3.8, 4) is 0 Å². The predicted octanol–water partition coefficient (Wildman–Crippen LogP) is 3.19. The summed E-state index contributed by atoms with van der Waals surface area (Å²) in [7, 11) is 0. The Labute approximate surface area is 94.6 Å². The molecule has 0 saturated heterocycles. The summed E-state index contributed by atoms with van der Waals surface area (Å²) < 4.78 is 0. The molecule has 2 aromatic rings. The average molecular weight is 287 g/mol. The van der Waals surface area contributed by atoms with Crippen molar-refractivity contribution in [1.29, 1.82) is 0 Å². The van der Waals surface area contributed by atoms with Gasteiger partial charge in [0.1, 0.15) is 0 Å². The molecular weight excluding hydrogens is 279 g/mol. The second-order valence-electron chi connectivity index (χ2n) is 2.57. The molecule has 0 saturated carbocycles. The fraction of sp³-hybridized carbons (Fsp3) is 0.100. The van der Waals surface area contributed by atoms with Crippen LogP contribution in [-0.4, -0.2) is 4.98 Å². The molecule has 0 unspecified atom stereocenters. The van der Waals surface area contributed by atoms with Gasteiger partial charge in [-0.15, -0.1) is 17.5 Å². The van der Waals surface area contributed by atoms with Crippen LogP contribution >= 0.6 is 13.6 Å². The minimum absolute atomic E-state index is 1.05. The molecule has 0 aliphatic carbocycles. The van der Waals surface area contributed by atoms with Crippen molar-refractivity contribution in [2.75, 3.05) is 0 Å². The van der Waals surface area contributed by atoms with Gasteiger partial charge in [-0.3, -0.25) is 4.98 Å². The number of aromatic nitrogens is 1. The molecule has 1 aromatic carbocycles. The van der Waals surface area contributed by atoms with Crippen LogP contribution in [0.4, 0.5) is 0 Å². The Kier molecular flexibility index (Phi) is 4.54. The van der Waals surface area contributed by atoms with E-state index >= 15 is 0 Å². The summed E-state index contributed by atoms with van der Waals surface area (Å²) in [5.74, 6) is 0. The van der Waals surface area contributed by atoms with E-state index in [0.717, 1.165) is 16.6 Å². The quantitative estimate of drug-likeness (QED) is 0.536. The van der Waals surface area contributed by atoms with Crippen LogP contribution in [0.2, 0.25) is 0 Å². The molecule has 0 bridgehead atoms. The van der Waals surface area contributed by atoms with E-state index in [9.17, 15) is 0 Å². The molecule has 0 amide bonds. The van der Waals surface area contributed by atoms with E-state index < -0.39 is 0 Å². The normalized spacial score (nSPS) is 9.23. The summed E-state index contributed by atoms with van der Waals surface area (Å²) in [4.78, 5) is 4.36. The third-order valence-electron chi connectivity index (χ3n) is 1.67. The first kappa shape index (κ1) is 10.8. The van der Waals surface area contributed by atoms with E-state index in [1.807, 2.05) is 31.2 Å². The average Bonchev–Trinajstić information content (AvgIpc) is 2.21. The molecule has 3 heteroatoms. The summed E-state index contributed by atoms with van der Waals surface area (Å²) in [5.41, 5.74) is 2.10. The van der Waals surface area contributed by atoms with Crippen LogP contribution in [0.3, 0.4) is 0 Å². The fourth-order valence-corrected chi connectivity index (χ4v) is 1.11. The van der Waals surface area contributed by atoms with Crippen molar-refractivity contribution in [2.45, 2.75) is 6.92 Å². The van der Waals surface area contributed by atoms with Gasteiger partial charge in [0, 0.05) is 5.69 Å². The van der Waals surface area contributed by atoms with Crippen molar-refractivity contribution in [3.05, 3.63) is 42.1 Å². The van der Waals surface area contributed by atoms with Gasteiger partial charge in [0.2, 0.25) is 0 Å². The Morgan fingerprint density at radius 2 is 2.08 bits per heavy atom. The van der Waals surface area contributed by atoms with E-state index in [1.54, 1.807) is 0 Å². The van der Waals surface area contributed by atoms with Gasteiger partial charge in [0.05, 0.1) is 0 Å². The minimum atomic E-state index is 1.05. The predicted molar refractivity (Wildman–Crippen MR) is 54.2 cm³/mol. The van der Waals surface area contributed by atoms with Gasteiger partial charge in [-0.1, -0.05) is 6.07 Å². The fourth-order valence-electron chi connectivity index (χ4n) is 1.11. The molecule has 1 heterocycles. The molecule has 2 rings (SSSR count). The first-order chi connectivity index (χ1) is 6.36. The van der Waals surface area contributed by atoms with Gasteiger partial charge in [0.25, 0.3) is 0 Å². The molecule has 0 radical (unpaired) electrons. The van der Waals surface area contributed by atoms with E-state index in [-0.39, 0.29) is 0 Å². The van der Waals surface area contributed by atoms with Crippen LogP contribution in [-0.2, 0) is 16.3 Å². The van der Waals surface area contributed by atoms with Crippen LogP contribution in [0.1, 0.15) is 5.69 Å². The molecule has 0 spiro atoms. The van der Waals surface area contributed by atoms with E-state index in [1.165, 1.54) is 16.3 Å². The monoisotopic (exact) mass is 285 g/mol. The van der Waals surface area contributed by atoms with Crippen LogP contribution < -0.4 is 0 Å². The summed E-state index contributed by atoms with van der Waals surface area (Å²) in [5, 5.41) is 1.15. The molecule has 0 N–H and O–H groups in total. The number of rotatable bonds is 0. The Morgan fingerprint density at radius 3 is 2.85 bits per heavy atom. The number of fused-ring (bicyclic) bond motifs is 1. The van der Waals surface area contributed by atoms with Crippen LogP contribution in [0.5, 0.6) is 0 Å². The van der Waals surface area contributed by atoms with Crippen molar-refractivity contribution >= 4 is 24.5 Å². The van der Waals surface area contributed by atoms with Gasteiger partial charge >= 0.3 is 30.0 Å². The van der Waals surface area contributed by atoms with E-state index in [2.05, 4.69) is 30.7 Å². The van der Waals surface area contributed by atoms with Gasteiger partial charge in [0.15, 0.2) is 0 Å². The number of pyridine rings is 1. The number of benzene rings is 1. The van der Waals surface area contributed by atoms with Gasteiger partial charge in [-0.2, -0.15) is 18.2 Å². The maximum atomic E-state index is 4.36. The SMILES string of the molecule is Cc1ccc2c[c-]ccc2n1.[Zn+][Br]. The van der Waals surface area contributed by atoms with Gasteiger partial charge in [-0.25, -0.2) is 0 Å². The molecule has 62 valence electrons. The van der Waals surface area contributed by atoms with E-state index in [4.69, 9.17) is 0 Å². The van der Waals surface area contributed by atoms with Gasteiger partial charge < -0.3 is 0 Å². The zero-order chi connectivity index (χ0) is 9.68. The summed E-state index contributed by atoms with van der Waals surface area (Å²) in [6.45, 7) is 2.00. The maximum absolute atomic E-state index is 4.36. The Hall–Kier alpha value is -0.267. The second kappa shape index (κ2) is 5.46. The number of nitrogens with zero attached hydrogens (tertiary/aromatic N) is 1. The topological polar surface area (TPSA) is 12.9 Å². The summed E-state index contributed by atoms with van der Waals surface area (Å²) in [6.07, 6.45) is 0. The first-order valence-corrected chi connectivity index (χ1v) is 10.8. The van der Waals surface area contributed by atoms with Crippen molar-refractivity contribution in [2.24, 2.45) is 0 Å². The molecule has 0 aliphatic heterocycles. The third kappa shape index (κ3) is 2.85. The zero-order valence-corrected chi connectivity index (χ0v) is 12.0. The van der Waals surface area contributed by atoms with Crippen molar-refractivity contribution in [1.82, 2.24) is 4.98 Å². The Morgan fingerprint density at radius 1 is 1.31 bits per heavy atom. The molecule has 0 atom stereocenters. The number of aryl methyl sites for hydroxylation is 1. The third-order valence-corrected chi connectivity index (χ3v) is 1.67. The number of hydrogen-bond donors (Lipinski definition) is 0. The Bertz CT molecular complexity index is 389. The molecule has 0 aliphatic rings. The second-order valence-corrected chi connectivity index (χ2v) is 2.57. The molecule has 13 heavy (non-hydrogen) atoms. The van der Waals surface area contributed by atoms with E-state index in [0.29, 0.717) is 0 Å². The molecular formula is C10H8BrNZn. The molecule has 1 aromatic heterocycles. The van der Waals surface area contributed by atoms with Crippen molar-refractivity contribution in [3.63, 3.8) is 0 Å². The molecule has 0 fully saturated rings. The first-order valence-electron chi connectivity index (χ1n) is 3.86. The number of hydrogen-bond acceptors (Lipinski definition) is 1. The molecule has 1 nitrogen and oxygen atoms in total. The van der Waals surface area contributed by atoms with Gasteiger partial charge in [-0.05, 0) is 12.4 Å². The standard InChI is InChI=1S/C10H8N.BrH.Zn/c1-8-6-7-9-4-2-3-5-10(9)11-8;;/h3-7H,1H3;1H;/q-1;;+2/p-1. The van der Waals surface area contributed by atoms with Crippen molar-refractivity contribution < 1.29 is 16.3 Å². The van der Waals surface area contributed by atoms with Crippen LogP contribution in [0, 0.1) is 13.0 Å². The Balaban J connectivity index is 0.000000396. The summed E-state index contributed by atoms with van der Waals surface area (Å²) in [6, 6.07) is 12.9.